The van der Waals surface area contributed by atoms with E-state index >= 15 is 0 Å². The Hall–Kier alpha value is 0.220. The van der Waals surface area contributed by atoms with Crippen LogP contribution < -0.4 is 0 Å². The Morgan fingerprint density at radius 3 is 1.83 bits per heavy atom. The van der Waals surface area contributed by atoms with E-state index in [0.717, 1.165) is 5.92 Å². The van der Waals surface area contributed by atoms with Crippen molar-refractivity contribution in [3.8, 4) is 0 Å². The van der Waals surface area contributed by atoms with Gasteiger partial charge in [0.2, 0.25) is 0 Å². The number of rotatable bonds is 1. The second-order valence-electron chi connectivity index (χ2n) is 2.59. The van der Waals surface area contributed by atoms with Gasteiger partial charge in [0, 0.05) is 0 Å². The van der Waals surface area contributed by atoms with Crippen molar-refractivity contribution in [2.24, 2.45) is 0 Å². The standard InChI is InChI=1S/C4H8O6PS/c5-12(6,7)11-8-1-4(2-9-11)3-10-11/h11H,1-3H2,(H,5,6,7). The maximum atomic E-state index is 10.8. The molecule has 0 atom stereocenters. The van der Waals surface area contributed by atoms with Crippen LogP contribution in [0.1, 0.15) is 0 Å². The van der Waals surface area contributed by atoms with E-state index < -0.39 is 16.9 Å². The molecule has 2 bridgehead atoms. The fourth-order valence-electron chi connectivity index (χ4n) is 1.04. The SMILES string of the molecule is O=S(=O)(O)[PH]12OC[C](CO1)CO2. The second-order valence-corrected chi connectivity index (χ2v) is 8.45. The Labute approximate surface area is 69.9 Å². The van der Waals surface area contributed by atoms with E-state index in [2.05, 4.69) is 0 Å². The molecule has 0 aliphatic carbocycles. The molecule has 0 aromatic rings. The van der Waals surface area contributed by atoms with E-state index in [9.17, 15) is 8.42 Å². The van der Waals surface area contributed by atoms with Crippen molar-refractivity contribution in [1.82, 2.24) is 0 Å². The van der Waals surface area contributed by atoms with Gasteiger partial charge < -0.3 is 0 Å². The summed E-state index contributed by atoms with van der Waals surface area (Å²) in [6.07, 6.45) is 0. The first kappa shape index (κ1) is 8.80. The van der Waals surface area contributed by atoms with Gasteiger partial charge >= 0.3 is 69.2 Å². The topological polar surface area (TPSA) is 82.1 Å². The second kappa shape index (κ2) is 2.60. The molecule has 3 rings (SSSR count). The van der Waals surface area contributed by atoms with E-state index in [1.807, 2.05) is 0 Å². The first-order valence-electron chi connectivity index (χ1n) is 3.26. The third kappa shape index (κ3) is 1.17. The monoisotopic (exact) mass is 215 g/mol. The molecule has 0 aromatic carbocycles. The minimum absolute atomic E-state index is 0.214. The molecule has 3 saturated heterocycles. The van der Waals surface area contributed by atoms with E-state index in [4.69, 9.17) is 18.1 Å². The summed E-state index contributed by atoms with van der Waals surface area (Å²) in [4.78, 5) is 0. The molecule has 3 heterocycles. The van der Waals surface area contributed by atoms with Crippen LogP contribution in [-0.2, 0) is 23.3 Å². The Bertz CT molecular complexity index is 264. The quantitative estimate of drug-likeness (QED) is 0.487. The van der Waals surface area contributed by atoms with Crippen LogP contribution in [0.2, 0.25) is 0 Å². The van der Waals surface area contributed by atoms with Gasteiger partial charge in [-0.05, 0) is 0 Å². The number of hydrogen-bond acceptors (Lipinski definition) is 5. The average Bonchev–Trinajstić information content (AvgIpc) is 2.06. The summed E-state index contributed by atoms with van der Waals surface area (Å²) in [5.74, 6) is 0.855. The molecule has 0 spiro atoms. The molecular weight excluding hydrogens is 207 g/mol. The molecule has 3 fully saturated rings. The summed E-state index contributed by atoms with van der Waals surface area (Å²) in [6.45, 7) is 0.643. The van der Waals surface area contributed by atoms with Gasteiger partial charge in [-0.1, -0.05) is 0 Å². The molecule has 1 N–H and O–H groups in total. The molecule has 12 heavy (non-hydrogen) atoms. The molecule has 71 valence electrons. The van der Waals surface area contributed by atoms with Gasteiger partial charge in [-0.2, -0.15) is 0 Å². The van der Waals surface area contributed by atoms with Crippen LogP contribution in [-0.4, -0.2) is 32.8 Å². The summed E-state index contributed by atoms with van der Waals surface area (Å²) >= 11 is 0. The van der Waals surface area contributed by atoms with E-state index in [1.165, 1.54) is 0 Å². The zero-order valence-corrected chi connectivity index (χ0v) is 7.83. The van der Waals surface area contributed by atoms with Crippen LogP contribution in [0.3, 0.4) is 0 Å². The minimum atomic E-state index is -4.34. The molecule has 0 unspecified atom stereocenters. The van der Waals surface area contributed by atoms with Gasteiger partial charge in [-0.25, -0.2) is 0 Å². The third-order valence-corrected chi connectivity index (χ3v) is 6.76. The van der Waals surface area contributed by atoms with Crippen LogP contribution in [0.25, 0.3) is 0 Å². The summed E-state index contributed by atoms with van der Waals surface area (Å²) < 4.78 is 44.9. The van der Waals surface area contributed by atoms with Crippen LogP contribution in [0.15, 0.2) is 0 Å². The summed E-state index contributed by atoms with van der Waals surface area (Å²) in [5, 5.41) is 0. The van der Waals surface area contributed by atoms with Gasteiger partial charge in [-0.3, -0.25) is 0 Å². The summed E-state index contributed by atoms with van der Waals surface area (Å²) in [6, 6.07) is 0. The first-order valence-corrected chi connectivity index (χ1v) is 7.15. The van der Waals surface area contributed by atoms with Crippen LogP contribution >= 0.6 is 7.15 Å². The Balaban J connectivity index is 2.31. The zero-order chi connectivity index (χ0) is 8.82. The Morgan fingerprint density at radius 2 is 1.58 bits per heavy atom. The molecule has 6 nitrogen and oxygen atoms in total. The maximum absolute atomic E-state index is 10.8. The van der Waals surface area contributed by atoms with Crippen molar-refractivity contribution in [3.63, 3.8) is 0 Å². The van der Waals surface area contributed by atoms with Crippen LogP contribution in [0.5, 0.6) is 0 Å². The molecule has 3 aliphatic rings. The zero-order valence-electron chi connectivity index (χ0n) is 6.02. The normalized spacial score (nSPS) is 31.8. The van der Waals surface area contributed by atoms with Crippen molar-refractivity contribution < 1.29 is 26.5 Å². The van der Waals surface area contributed by atoms with Gasteiger partial charge in [0.1, 0.15) is 0 Å². The molecule has 0 saturated carbocycles. The average molecular weight is 215 g/mol. The van der Waals surface area contributed by atoms with Crippen molar-refractivity contribution in [1.29, 1.82) is 0 Å². The molecule has 3 aliphatic heterocycles. The van der Waals surface area contributed by atoms with Crippen LogP contribution in [0, 0.1) is 5.92 Å². The predicted octanol–water partition coefficient (Wildman–Crippen LogP) is -0.0644. The Morgan fingerprint density at radius 1 is 1.17 bits per heavy atom. The van der Waals surface area contributed by atoms with E-state index in [0.29, 0.717) is 0 Å². The van der Waals surface area contributed by atoms with Gasteiger partial charge in [0.25, 0.3) is 0 Å². The molecule has 8 heteroatoms. The molecule has 0 amide bonds. The summed E-state index contributed by atoms with van der Waals surface area (Å²) in [5.41, 5.74) is 0. The molecular formula is C4H8O6PS. The van der Waals surface area contributed by atoms with E-state index in [-0.39, 0.29) is 19.8 Å². The fraction of sp³-hybridized carbons (Fsp3) is 0.750. The fourth-order valence-corrected chi connectivity index (χ4v) is 4.75. The molecule has 0 aromatic heterocycles. The van der Waals surface area contributed by atoms with Crippen molar-refractivity contribution in [3.05, 3.63) is 5.92 Å². The van der Waals surface area contributed by atoms with Gasteiger partial charge in [0.05, 0.1) is 0 Å². The Kier molecular flexibility index (Phi) is 1.91. The van der Waals surface area contributed by atoms with Gasteiger partial charge in [-0.15, -0.1) is 0 Å². The van der Waals surface area contributed by atoms with Crippen molar-refractivity contribution in [2.45, 2.75) is 0 Å². The third-order valence-electron chi connectivity index (χ3n) is 1.68. The van der Waals surface area contributed by atoms with Gasteiger partial charge in [0.15, 0.2) is 0 Å². The van der Waals surface area contributed by atoms with Crippen molar-refractivity contribution >= 4 is 16.9 Å². The predicted molar refractivity (Wildman–Crippen MR) is 41.0 cm³/mol. The van der Waals surface area contributed by atoms with Crippen LogP contribution in [0.4, 0.5) is 0 Å². The molecule has 1 radical (unpaired) electrons. The number of fused-ring (bicyclic) bond motifs is 3. The first-order chi connectivity index (χ1) is 5.54. The van der Waals surface area contributed by atoms with E-state index in [1.54, 1.807) is 0 Å². The number of hydrogen-bond donors (Lipinski definition) is 1. The summed E-state index contributed by atoms with van der Waals surface area (Å²) in [7, 11) is -8.13. The van der Waals surface area contributed by atoms with Crippen molar-refractivity contribution in [2.75, 3.05) is 19.8 Å².